The lowest BCUT2D eigenvalue weighted by Crippen LogP contribution is -2.33. The van der Waals surface area contributed by atoms with E-state index in [0.29, 0.717) is 53.6 Å². The second kappa shape index (κ2) is 12.2. The van der Waals surface area contributed by atoms with Crippen LogP contribution in [0.1, 0.15) is 50.8 Å². The predicted octanol–water partition coefficient (Wildman–Crippen LogP) is 4.80. The van der Waals surface area contributed by atoms with E-state index in [0.717, 1.165) is 10.8 Å². The largest absolute Gasteiger partial charge is 0.490 e. The molecule has 1 atom stereocenters. The van der Waals surface area contributed by atoms with Crippen molar-refractivity contribution in [2.75, 3.05) is 17.7 Å². The number of aromatic nitrogens is 2. The molecule has 1 saturated carbocycles. The molecule has 11 heteroatoms. The Kier molecular flexibility index (Phi) is 8.49. The summed E-state index contributed by atoms with van der Waals surface area (Å²) >= 11 is 0. The molecule has 0 aliphatic heterocycles. The van der Waals surface area contributed by atoms with Gasteiger partial charge in [0.15, 0.2) is 27.2 Å². The summed E-state index contributed by atoms with van der Waals surface area (Å²) in [7, 11) is -3.34. The van der Waals surface area contributed by atoms with E-state index in [-0.39, 0.29) is 28.7 Å². The van der Waals surface area contributed by atoms with Crippen LogP contribution in [0.15, 0.2) is 71.8 Å². The standard InChI is InChI=1S/C31H35N5O5S/c1-4-40-28-16-21(8-13-27(28)41-19(2)3)29(35-23-9-12-26-22(15-23)18-34-36-30(26)32)31(37)33-17-20-6-5-7-25(14-20)42(38,39)24-10-11-24/h5-9,12-16,18-19,24,29,35H,4,10-11,17H2,1-3H3,(H2,32,36)(H,33,37). The lowest BCUT2D eigenvalue weighted by atomic mass is 10.0. The maximum Gasteiger partial charge on any atom is 0.247 e. The number of ether oxygens (including phenoxy) is 2. The van der Waals surface area contributed by atoms with Crippen LogP contribution in [-0.2, 0) is 21.2 Å². The van der Waals surface area contributed by atoms with Gasteiger partial charge in [-0.05, 0) is 87.2 Å². The molecule has 42 heavy (non-hydrogen) atoms. The third kappa shape index (κ3) is 6.57. The number of fused-ring (bicyclic) bond motifs is 1. The molecule has 0 bridgehead atoms. The number of sulfone groups is 1. The van der Waals surface area contributed by atoms with E-state index < -0.39 is 15.9 Å². The SMILES string of the molecule is CCOc1cc(C(Nc2ccc3c(N)nncc3c2)C(=O)NCc2cccc(S(=O)(=O)C3CC3)c2)ccc1OC(C)C. The van der Waals surface area contributed by atoms with E-state index in [1.807, 2.05) is 45.0 Å². The highest BCUT2D eigenvalue weighted by molar-refractivity contribution is 7.92. The Morgan fingerprint density at radius 1 is 1.07 bits per heavy atom. The number of amides is 1. The van der Waals surface area contributed by atoms with Crippen molar-refractivity contribution < 1.29 is 22.7 Å². The zero-order chi connectivity index (χ0) is 29.9. The number of anilines is 2. The summed E-state index contributed by atoms with van der Waals surface area (Å²) in [6, 6.07) is 16.9. The van der Waals surface area contributed by atoms with Crippen LogP contribution < -0.4 is 25.8 Å². The number of nitrogens with one attached hydrogen (secondary N) is 2. The lowest BCUT2D eigenvalue weighted by Gasteiger charge is -2.22. The first-order valence-corrected chi connectivity index (χ1v) is 15.5. The summed E-state index contributed by atoms with van der Waals surface area (Å²) < 4.78 is 37.3. The maximum absolute atomic E-state index is 13.8. The summed E-state index contributed by atoms with van der Waals surface area (Å²) in [6.07, 6.45) is 2.93. The van der Waals surface area contributed by atoms with E-state index in [9.17, 15) is 13.2 Å². The van der Waals surface area contributed by atoms with Crippen molar-refractivity contribution >= 4 is 38.0 Å². The van der Waals surface area contributed by atoms with Gasteiger partial charge in [0.1, 0.15) is 6.04 Å². The summed E-state index contributed by atoms with van der Waals surface area (Å²) in [5.74, 6) is 1.13. The number of nitrogens with zero attached hydrogens (tertiary/aromatic N) is 2. The van der Waals surface area contributed by atoms with Gasteiger partial charge < -0.3 is 25.8 Å². The summed E-state index contributed by atoms with van der Waals surface area (Å²) in [5.41, 5.74) is 8.00. The van der Waals surface area contributed by atoms with Crippen LogP contribution in [0.3, 0.4) is 0 Å². The predicted molar refractivity (Wildman–Crippen MR) is 162 cm³/mol. The topological polar surface area (TPSA) is 146 Å². The zero-order valence-electron chi connectivity index (χ0n) is 23.8. The average molecular weight is 590 g/mol. The van der Waals surface area contributed by atoms with Gasteiger partial charge in [-0.15, -0.1) is 5.10 Å². The smallest absolute Gasteiger partial charge is 0.247 e. The van der Waals surface area contributed by atoms with Crippen molar-refractivity contribution in [2.45, 2.75) is 62.4 Å². The van der Waals surface area contributed by atoms with Crippen molar-refractivity contribution in [1.29, 1.82) is 0 Å². The fourth-order valence-electron chi connectivity index (χ4n) is 4.68. The van der Waals surface area contributed by atoms with Crippen LogP contribution in [-0.4, -0.2) is 42.5 Å². The highest BCUT2D eigenvalue weighted by Gasteiger charge is 2.36. The average Bonchev–Trinajstić information content (AvgIpc) is 3.82. The molecule has 3 aromatic carbocycles. The molecular weight excluding hydrogens is 554 g/mol. The summed E-state index contributed by atoms with van der Waals surface area (Å²) in [5, 5.41) is 15.4. The van der Waals surface area contributed by atoms with E-state index in [4.69, 9.17) is 15.2 Å². The van der Waals surface area contributed by atoms with Gasteiger partial charge in [-0.1, -0.05) is 18.2 Å². The number of hydrogen-bond acceptors (Lipinski definition) is 9. The Morgan fingerprint density at radius 2 is 1.88 bits per heavy atom. The molecule has 10 nitrogen and oxygen atoms in total. The van der Waals surface area contributed by atoms with Gasteiger partial charge in [-0.25, -0.2) is 8.42 Å². The Hall–Kier alpha value is -4.38. The lowest BCUT2D eigenvalue weighted by molar-refractivity contribution is -0.122. The van der Waals surface area contributed by atoms with Crippen molar-refractivity contribution in [1.82, 2.24) is 15.5 Å². The van der Waals surface area contributed by atoms with Gasteiger partial charge in [0.25, 0.3) is 0 Å². The minimum atomic E-state index is -3.34. The summed E-state index contributed by atoms with van der Waals surface area (Å²) in [6.45, 7) is 6.33. The highest BCUT2D eigenvalue weighted by Crippen LogP contribution is 2.35. The maximum atomic E-state index is 13.8. The Morgan fingerprint density at radius 3 is 2.62 bits per heavy atom. The minimum absolute atomic E-state index is 0.0556. The van der Waals surface area contributed by atoms with Crippen LogP contribution in [0.5, 0.6) is 11.5 Å². The molecule has 0 radical (unpaired) electrons. The van der Waals surface area contributed by atoms with Crippen LogP contribution in [0.4, 0.5) is 11.5 Å². The van der Waals surface area contributed by atoms with Crippen LogP contribution in [0.25, 0.3) is 10.8 Å². The number of hydrogen-bond donors (Lipinski definition) is 3. The first-order chi connectivity index (χ1) is 20.2. The number of rotatable bonds is 12. The van der Waals surface area contributed by atoms with Crippen molar-refractivity contribution in [2.24, 2.45) is 0 Å². The van der Waals surface area contributed by atoms with Gasteiger partial charge in [-0.2, -0.15) is 5.10 Å². The van der Waals surface area contributed by atoms with Crippen molar-refractivity contribution in [3.63, 3.8) is 0 Å². The third-order valence-electron chi connectivity index (χ3n) is 6.88. The second-order valence-electron chi connectivity index (χ2n) is 10.5. The van der Waals surface area contributed by atoms with E-state index >= 15 is 0 Å². The molecule has 0 spiro atoms. The van der Waals surface area contributed by atoms with Crippen molar-refractivity contribution in [3.05, 3.63) is 78.0 Å². The first kappa shape index (κ1) is 29.1. The molecule has 5 rings (SSSR count). The third-order valence-corrected chi connectivity index (χ3v) is 9.14. The molecule has 0 saturated heterocycles. The zero-order valence-corrected chi connectivity index (χ0v) is 24.6. The fraction of sp³-hybridized carbons (Fsp3) is 0.323. The molecule has 1 amide bonds. The minimum Gasteiger partial charge on any atom is -0.490 e. The number of carbonyl (C=O) groups is 1. The molecule has 4 N–H and O–H groups in total. The van der Waals surface area contributed by atoms with E-state index in [1.165, 1.54) is 0 Å². The highest BCUT2D eigenvalue weighted by atomic mass is 32.2. The first-order valence-electron chi connectivity index (χ1n) is 14.0. The number of carbonyl (C=O) groups excluding carboxylic acids is 1. The van der Waals surface area contributed by atoms with Crippen LogP contribution in [0, 0.1) is 0 Å². The van der Waals surface area contributed by atoms with E-state index in [1.54, 1.807) is 42.6 Å². The second-order valence-corrected chi connectivity index (χ2v) is 12.8. The molecule has 1 aliphatic carbocycles. The van der Waals surface area contributed by atoms with Gasteiger partial charge >= 0.3 is 0 Å². The quantitative estimate of drug-likeness (QED) is 0.212. The number of nitrogens with two attached hydrogens (primary N) is 1. The molecular formula is C31H35N5O5S. The van der Waals surface area contributed by atoms with Crippen LogP contribution >= 0.6 is 0 Å². The molecule has 1 aromatic heterocycles. The molecule has 1 fully saturated rings. The Bertz CT molecular complexity index is 1710. The number of nitrogen functional groups attached to an aromatic ring is 1. The van der Waals surface area contributed by atoms with Crippen molar-refractivity contribution in [3.8, 4) is 11.5 Å². The molecule has 1 unspecified atom stereocenters. The Balaban J connectivity index is 1.44. The number of benzene rings is 3. The molecule has 1 aliphatic rings. The van der Waals surface area contributed by atoms with E-state index in [2.05, 4.69) is 20.8 Å². The monoisotopic (exact) mass is 589 g/mol. The van der Waals surface area contributed by atoms with Gasteiger partial charge in [0, 0.05) is 23.0 Å². The summed E-state index contributed by atoms with van der Waals surface area (Å²) in [4.78, 5) is 14.0. The molecule has 4 aromatic rings. The fourth-order valence-corrected chi connectivity index (χ4v) is 6.41. The molecule has 220 valence electrons. The normalized spacial score (nSPS) is 14.0. The van der Waals surface area contributed by atoms with Gasteiger partial charge in [0.2, 0.25) is 5.91 Å². The van der Waals surface area contributed by atoms with Gasteiger partial charge in [-0.3, -0.25) is 4.79 Å². The van der Waals surface area contributed by atoms with Crippen LogP contribution in [0.2, 0.25) is 0 Å². The Labute approximate surface area is 245 Å². The molecule has 1 heterocycles. The van der Waals surface area contributed by atoms with Gasteiger partial charge in [0.05, 0.1) is 29.1 Å².